The Kier molecular flexibility index (Phi) is 5.14. The fourth-order valence-corrected chi connectivity index (χ4v) is 3.25. The first-order valence-electron chi connectivity index (χ1n) is 8.53. The maximum Gasteiger partial charge on any atom is 0.239 e. The number of amides is 1. The maximum absolute atomic E-state index is 13.0. The van der Waals surface area contributed by atoms with Crippen LogP contribution in [0.3, 0.4) is 0 Å². The molecule has 2 aromatic carbocycles. The van der Waals surface area contributed by atoms with Crippen LogP contribution in [0.15, 0.2) is 42.5 Å². The van der Waals surface area contributed by atoms with Crippen molar-refractivity contribution in [2.45, 2.75) is 38.6 Å². The zero-order valence-corrected chi connectivity index (χ0v) is 13.9. The molecule has 0 bridgehead atoms. The van der Waals surface area contributed by atoms with E-state index in [1.165, 1.54) is 36.1 Å². The van der Waals surface area contributed by atoms with Crippen molar-refractivity contribution in [3.05, 3.63) is 65.0 Å². The molecular weight excluding hydrogens is 303 g/mol. The van der Waals surface area contributed by atoms with Crippen molar-refractivity contribution in [3.63, 3.8) is 0 Å². The summed E-state index contributed by atoms with van der Waals surface area (Å²) in [6, 6.07) is 12.3. The van der Waals surface area contributed by atoms with Gasteiger partial charge in [-0.05, 0) is 67.5 Å². The molecule has 0 radical (unpaired) electrons. The number of nitrogens with one attached hydrogen (secondary N) is 2. The van der Waals surface area contributed by atoms with Gasteiger partial charge < -0.3 is 10.6 Å². The van der Waals surface area contributed by atoms with E-state index in [-0.39, 0.29) is 24.3 Å². The molecule has 126 valence electrons. The molecule has 2 N–H and O–H groups in total. The van der Waals surface area contributed by atoms with Gasteiger partial charge in [-0.1, -0.05) is 24.3 Å². The van der Waals surface area contributed by atoms with Crippen molar-refractivity contribution >= 4 is 11.6 Å². The molecule has 2 aromatic rings. The molecule has 1 amide bonds. The summed E-state index contributed by atoms with van der Waals surface area (Å²) in [6.45, 7) is 2.14. The summed E-state index contributed by atoms with van der Waals surface area (Å²) in [5, 5.41) is 6.21. The Hall–Kier alpha value is -2.36. The third-order valence-electron chi connectivity index (χ3n) is 4.58. The number of carbonyl (C=O) groups excluding carboxylic acids is 1. The second kappa shape index (κ2) is 7.47. The molecule has 0 saturated heterocycles. The van der Waals surface area contributed by atoms with E-state index >= 15 is 0 Å². The molecule has 3 nitrogen and oxygen atoms in total. The number of benzene rings is 2. The van der Waals surface area contributed by atoms with Gasteiger partial charge in [0.1, 0.15) is 5.82 Å². The highest BCUT2D eigenvalue weighted by Crippen LogP contribution is 2.27. The smallest absolute Gasteiger partial charge is 0.239 e. The third kappa shape index (κ3) is 3.94. The van der Waals surface area contributed by atoms with Crippen LogP contribution in [-0.4, -0.2) is 12.5 Å². The number of rotatable bonds is 5. The first-order chi connectivity index (χ1) is 11.6. The average Bonchev–Trinajstić information content (AvgIpc) is 2.60. The maximum atomic E-state index is 13.0. The second-order valence-electron chi connectivity index (χ2n) is 6.34. The molecule has 24 heavy (non-hydrogen) atoms. The molecule has 3 rings (SSSR count). The van der Waals surface area contributed by atoms with Crippen molar-refractivity contribution in [3.8, 4) is 0 Å². The minimum absolute atomic E-state index is 0.0692. The van der Waals surface area contributed by atoms with Crippen LogP contribution in [0.25, 0.3) is 0 Å². The second-order valence-corrected chi connectivity index (χ2v) is 6.34. The summed E-state index contributed by atoms with van der Waals surface area (Å²) in [5.41, 5.74) is 4.70. The van der Waals surface area contributed by atoms with E-state index in [0.717, 1.165) is 24.1 Å². The molecule has 1 aliphatic carbocycles. The quantitative estimate of drug-likeness (QED) is 0.872. The summed E-state index contributed by atoms with van der Waals surface area (Å²) in [4.78, 5) is 12.2. The Balaban J connectivity index is 1.57. The van der Waals surface area contributed by atoms with E-state index in [2.05, 4.69) is 16.7 Å². The van der Waals surface area contributed by atoms with Crippen molar-refractivity contribution in [1.29, 1.82) is 0 Å². The molecule has 0 aliphatic heterocycles. The molecule has 1 atom stereocenters. The van der Waals surface area contributed by atoms with Gasteiger partial charge in [0.25, 0.3) is 0 Å². The number of fused-ring (bicyclic) bond motifs is 1. The Morgan fingerprint density at radius 3 is 2.67 bits per heavy atom. The Morgan fingerprint density at radius 1 is 1.12 bits per heavy atom. The fraction of sp³-hybridized carbons (Fsp3) is 0.350. The fourth-order valence-electron chi connectivity index (χ4n) is 3.25. The molecule has 0 heterocycles. The van der Waals surface area contributed by atoms with E-state index in [1.807, 2.05) is 19.1 Å². The van der Waals surface area contributed by atoms with Crippen LogP contribution in [0.4, 0.5) is 10.1 Å². The van der Waals surface area contributed by atoms with Gasteiger partial charge in [0, 0.05) is 5.69 Å². The summed E-state index contributed by atoms with van der Waals surface area (Å²) in [6.07, 6.45) is 4.65. The average molecular weight is 326 g/mol. The van der Waals surface area contributed by atoms with E-state index in [4.69, 9.17) is 0 Å². The lowest BCUT2D eigenvalue weighted by atomic mass is 9.90. The molecule has 1 unspecified atom stereocenters. The normalized spacial score (nSPS) is 14.6. The number of anilines is 1. The summed E-state index contributed by atoms with van der Waals surface area (Å²) < 4.78 is 13.0. The van der Waals surface area contributed by atoms with Crippen LogP contribution >= 0.6 is 0 Å². The molecule has 4 heteroatoms. The highest BCUT2D eigenvalue weighted by atomic mass is 19.1. The minimum Gasteiger partial charge on any atom is -0.376 e. The number of halogens is 1. The predicted octanol–water partition coefficient (Wildman–Crippen LogP) is 3.99. The van der Waals surface area contributed by atoms with Gasteiger partial charge in [-0.15, -0.1) is 0 Å². The Morgan fingerprint density at radius 2 is 1.88 bits per heavy atom. The lowest BCUT2D eigenvalue weighted by Crippen LogP contribution is -2.32. The minimum atomic E-state index is -0.271. The largest absolute Gasteiger partial charge is 0.376 e. The van der Waals surface area contributed by atoms with Crippen molar-refractivity contribution in [2.24, 2.45) is 0 Å². The standard InChI is InChI=1S/C20H23FN2O/c1-14(15-9-11-17(21)12-10-15)23-20(24)13-22-19-8-4-6-16-5-2-3-7-18(16)19/h4,6,8-12,14,22H,2-3,5,7,13H2,1H3,(H,23,24). The summed E-state index contributed by atoms with van der Waals surface area (Å²) >= 11 is 0. The SMILES string of the molecule is CC(NC(=O)CNc1cccc2c1CCCC2)c1ccc(F)cc1. The van der Waals surface area contributed by atoms with Gasteiger partial charge in [0.05, 0.1) is 12.6 Å². The topological polar surface area (TPSA) is 41.1 Å². The lowest BCUT2D eigenvalue weighted by molar-refractivity contribution is -0.120. The van der Waals surface area contributed by atoms with Crippen LogP contribution in [0, 0.1) is 5.82 Å². The summed E-state index contributed by atoms with van der Waals surface area (Å²) in [7, 11) is 0. The van der Waals surface area contributed by atoms with Gasteiger partial charge in [-0.3, -0.25) is 4.79 Å². The van der Waals surface area contributed by atoms with Crippen LogP contribution in [0.1, 0.15) is 42.5 Å². The van der Waals surface area contributed by atoms with E-state index < -0.39 is 0 Å². The molecule has 0 fully saturated rings. The molecule has 0 saturated carbocycles. The van der Waals surface area contributed by atoms with Crippen LogP contribution in [0.5, 0.6) is 0 Å². The highest BCUT2D eigenvalue weighted by Gasteiger charge is 2.14. The number of hydrogen-bond acceptors (Lipinski definition) is 2. The highest BCUT2D eigenvalue weighted by molar-refractivity contribution is 5.81. The molecule has 0 aromatic heterocycles. The van der Waals surface area contributed by atoms with Gasteiger partial charge in [0.2, 0.25) is 5.91 Å². The van der Waals surface area contributed by atoms with Gasteiger partial charge in [-0.25, -0.2) is 4.39 Å². The van der Waals surface area contributed by atoms with Crippen LogP contribution in [-0.2, 0) is 17.6 Å². The van der Waals surface area contributed by atoms with E-state index in [1.54, 1.807) is 12.1 Å². The van der Waals surface area contributed by atoms with E-state index in [0.29, 0.717) is 0 Å². The van der Waals surface area contributed by atoms with Gasteiger partial charge in [0.15, 0.2) is 0 Å². The zero-order chi connectivity index (χ0) is 16.9. The molecule has 1 aliphatic rings. The summed E-state index contributed by atoms with van der Waals surface area (Å²) in [5.74, 6) is -0.340. The van der Waals surface area contributed by atoms with Crippen LogP contribution in [0.2, 0.25) is 0 Å². The molecule has 0 spiro atoms. The van der Waals surface area contributed by atoms with Gasteiger partial charge in [-0.2, -0.15) is 0 Å². The third-order valence-corrected chi connectivity index (χ3v) is 4.58. The van der Waals surface area contributed by atoms with Gasteiger partial charge >= 0.3 is 0 Å². The number of carbonyl (C=O) groups is 1. The van der Waals surface area contributed by atoms with Crippen molar-refractivity contribution in [2.75, 3.05) is 11.9 Å². The predicted molar refractivity (Wildman–Crippen MR) is 94.5 cm³/mol. The van der Waals surface area contributed by atoms with Crippen molar-refractivity contribution in [1.82, 2.24) is 5.32 Å². The van der Waals surface area contributed by atoms with Crippen LogP contribution < -0.4 is 10.6 Å². The monoisotopic (exact) mass is 326 g/mol. The Labute approximate surface area is 142 Å². The number of aryl methyl sites for hydroxylation is 1. The Bertz CT molecular complexity index is 712. The van der Waals surface area contributed by atoms with E-state index in [9.17, 15) is 9.18 Å². The lowest BCUT2D eigenvalue weighted by Gasteiger charge is -2.20. The molecular formula is C20H23FN2O. The number of hydrogen-bond donors (Lipinski definition) is 2. The first kappa shape index (κ1) is 16.5. The zero-order valence-electron chi connectivity index (χ0n) is 13.9. The van der Waals surface area contributed by atoms with Crippen molar-refractivity contribution < 1.29 is 9.18 Å². The first-order valence-corrected chi connectivity index (χ1v) is 8.53.